The molecule has 0 unspecified atom stereocenters. The molecule has 0 aromatic carbocycles. The molecule has 1 N–H and O–H groups in total. The number of nitrogens with zero attached hydrogens (tertiary/aromatic N) is 5. The zero-order valence-electron chi connectivity index (χ0n) is 14.9. The molecule has 0 spiro atoms. The molecule has 3 rings (SSSR count). The molecule has 2 aromatic rings. The fraction of sp³-hybridized carbons (Fsp3) is 0.471. The van der Waals surface area contributed by atoms with E-state index in [1.165, 1.54) is 13.3 Å². The summed E-state index contributed by atoms with van der Waals surface area (Å²) < 4.78 is 10.4. The Bertz CT molecular complexity index is 747. The molecule has 2 aromatic heterocycles. The second-order valence-corrected chi connectivity index (χ2v) is 5.73. The van der Waals surface area contributed by atoms with E-state index in [0.717, 1.165) is 25.9 Å². The minimum absolute atomic E-state index is 0.172. The van der Waals surface area contributed by atoms with Crippen molar-refractivity contribution in [1.29, 1.82) is 0 Å². The van der Waals surface area contributed by atoms with Crippen LogP contribution in [-0.4, -0.2) is 52.6 Å². The number of hydrogen-bond acceptors (Lipinski definition) is 8. The normalized spacial score (nSPS) is 13.5. The first-order chi connectivity index (χ1) is 12.7. The molecule has 0 saturated carbocycles. The molecular formula is C17H22N6O3. The highest BCUT2D eigenvalue weighted by molar-refractivity contribution is 5.93. The average molecular weight is 358 g/mol. The predicted molar refractivity (Wildman–Crippen MR) is 94.4 cm³/mol. The Kier molecular flexibility index (Phi) is 5.77. The SMILES string of the molecule is CCOc1ccc(C(=O)NCc2nc(OC)nc(N3CCCC3)n2)cn1. The summed E-state index contributed by atoms with van der Waals surface area (Å²) in [4.78, 5) is 31.4. The van der Waals surface area contributed by atoms with Gasteiger partial charge in [-0.3, -0.25) is 4.79 Å². The minimum atomic E-state index is -0.261. The molecule has 9 heteroatoms. The van der Waals surface area contributed by atoms with Gasteiger partial charge >= 0.3 is 6.01 Å². The van der Waals surface area contributed by atoms with Crippen molar-refractivity contribution < 1.29 is 14.3 Å². The van der Waals surface area contributed by atoms with Crippen LogP contribution >= 0.6 is 0 Å². The average Bonchev–Trinajstić information content (AvgIpc) is 3.21. The van der Waals surface area contributed by atoms with Crippen molar-refractivity contribution in [2.24, 2.45) is 0 Å². The van der Waals surface area contributed by atoms with Crippen molar-refractivity contribution in [3.63, 3.8) is 0 Å². The van der Waals surface area contributed by atoms with E-state index in [1.807, 2.05) is 6.92 Å². The molecule has 1 amide bonds. The first kappa shape index (κ1) is 17.8. The number of carbonyl (C=O) groups excluding carboxylic acids is 1. The van der Waals surface area contributed by atoms with Crippen molar-refractivity contribution in [3.05, 3.63) is 29.7 Å². The van der Waals surface area contributed by atoms with E-state index in [0.29, 0.717) is 29.8 Å². The summed E-state index contributed by atoms with van der Waals surface area (Å²) in [5, 5.41) is 2.79. The molecule has 0 atom stereocenters. The van der Waals surface area contributed by atoms with Crippen LogP contribution in [0.3, 0.4) is 0 Å². The first-order valence-electron chi connectivity index (χ1n) is 8.60. The van der Waals surface area contributed by atoms with Gasteiger partial charge in [-0.15, -0.1) is 0 Å². The van der Waals surface area contributed by atoms with E-state index in [-0.39, 0.29) is 18.5 Å². The molecular weight excluding hydrogens is 336 g/mol. The molecule has 3 heterocycles. The highest BCUT2D eigenvalue weighted by Gasteiger charge is 2.18. The maximum Gasteiger partial charge on any atom is 0.321 e. The number of rotatable bonds is 7. The second-order valence-electron chi connectivity index (χ2n) is 5.73. The van der Waals surface area contributed by atoms with E-state index < -0.39 is 0 Å². The van der Waals surface area contributed by atoms with Gasteiger partial charge in [-0.2, -0.15) is 15.0 Å². The monoisotopic (exact) mass is 358 g/mol. The number of hydrogen-bond donors (Lipinski definition) is 1. The van der Waals surface area contributed by atoms with Crippen molar-refractivity contribution >= 4 is 11.9 Å². The van der Waals surface area contributed by atoms with Gasteiger partial charge < -0.3 is 19.7 Å². The number of anilines is 1. The van der Waals surface area contributed by atoms with Gasteiger partial charge in [0.25, 0.3) is 5.91 Å². The van der Waals surface area contributed by atoms with Gasteiger partial charge in [0.2, 0.25) is 11.8 Å². The maximum atomic E-state index is 12.3. The lowest BCUT2D eigenvalue weighted by Gasteiger charge is -2.16. The summed E-state index contributed by atoms with van der Waals surface area (Å²) in [6, 6.07) is 3.57. The maximum absolute atomic E-state index is 12.3. The van der Waals surface area contributed by atoms with Crippen molar-refractivity contribution in [1.82, 2.24) is 25.3 Å². The van der Waals surface area contributed by atoms with Crippen LogP contribution in [0.25, 0.3) is 0 Å². The summed E-state index contributed by atoms with van der Waals surface area (Å²) >= 11 is 0. The van der Waals surface area contributed by atoms with Crippen molar-refractivity contribution in [2.75, 3.05) is 31.7 Å². The third-order valence-electron chi connectivity index (χ3n) is 3.92. The number of methoxy groups -OCH3 is 1. The van der Waals surface area contributed by atoms with Gasteiger partial charge in [-0.05, 0) is 25.8 Å². The van der Waals surface area contributed by atoms with Gasteiger partial charge in [0.15, 0.2) is 5.82 Å². The van der Waals surface area contributed by atoms with Crippen LogP contribution in [0.2, 0.25) is 0 Å². The molecule has 138 valence electrons. The number of amides is 1. The fourth-order valence-electron chi connectivity index (χ4n) is 2.62. The molecule has 0 bridgehead atoms. The van der Waals surface area contributed by atoms with Gasteiger partial charge in [-0.1, -0.05) is 0 Å². The second kappa shape index (κ2) is 8.41. The van der Waals surface area contributed by atoms with E-state index in [4.69, 9.17) is 9.47 Å². The molecule has 9 nitrogen and oxygen atoms in total. The molecule has 1 saturated heterocycles. The van der Waals surface area contributed by atoms with Crippen molar-refractivity contribution in [2.45, 2.75) is 26.3 Å². The van der Waals surface area contributed by atoms with Gasteiger partial charge in [-0.25, -0.2) is 4.98 Å². The Morgan fingerprint density at radius 2 is 2.04 bits per heavy atom. The predicted octanol–water partition coefficient (Wildman–Crippen LogP) is 1.20. The summed E-state index contributed by atoms with van der Waals surface area (Å²) in [6.07, 6.45) is 3.71. The van der Waals surface area contributed by atoms with Crippen LogP contribution in [-0.2, 0) is 6.54 Å². The lowest BCUT2D eigenvalue weighted by Crippen LogP contribution is -2.26. The quantitative estimate of drug-likeness (QED) is 0.788. The zero-order chi connectivity index (χ0) is 18.4. The Balaban J connectivity index is 1.66. The summed E-state index contributed by atoms with van der Waals surface area (Å²) in [5.74, 6) is 1.26. The third-order valence-corrected chi connectivity index (χ3v) is 3.92. The van der Waals surface area contributed by atoms with Crippen LogP contribution < -0.4 is 19.7 Å². The first-order valence-corrected chi connectivity index (χ1v) is 8.60. The van der Waals surface area contributed by atoms with Crippen LogP contribution in [0.4, 0.5) is 5.95 Å². The van der Waals surface area contributed by atoms with Gasteiger partial charge in [0, 0.05) is 25.4 Å². The number of aromatic nitrogens is 4. The summed E-state index contributed by atoms with van der Waals surface area (Å²) in [6.45, 7) is 4.40. The molecule has 0 radical (unpaired) electrons. The summed E-state index contributed by atoms with van der Waals surface area (Å²) in [5.41, 5.74) is 0.439. The third kappa shape index (κ3) is 4.35. The standard InChI is InChI=1S/C17H22N6O3/c1-3-26-14-7-6-12(10-18-14)15(24)19-11-13-20-16(22-17(21-13)25-2)23-8-4-5-9-23/h6-7,10H,3-5,8-9,11H2,1-2H3,(H,19,24). The van der Waals surface area contributed by atoms with Crippen molar-refractivity contribution in [3.8, 4) is 11.9 Å². The van der Waals surface area contributed by atoms with E-state index in [2.05, 4.69) is 30.2 Å². The molecule has 0 aliphatic carbocycles. The number of pyridine rings is 1. The number of carbonyl (C=O) groups is 1. The Hall–Kier alpha value is -2.97. The molecule has 26 heavy (non-hydrogen) atoms. The van der Waals surface area contributed by atoms with Gasteiger partial charge in [0.05, 0.1) is 25.8 Å². The van der Waals surface area contributed by atoms with Crippen LogP contribution in [0.1, 0.15) is 35.9 Å². The fourth-order valence-corrected chi connectivity index (χ4v) is 2.62. The zero-order valence-corrected chi connectivity index (χ0v) is 14.9. The van der Waals surface area contributed by atoms with E-state index >= 15 is 0 Å². The Morgan fingerprint density at radius 3 is 2.69 bits per heavy atom. The number of ether oxygens (including phenoxy) is 2. The Morgan fingerprint density at radius 1 is 1.23 bits per heavy atom. The summed E-state index contributed by atoms with van der Waals surface area (Å²) in [7, 11) is 1.51. The molecule has 1 fully saturated rings. The van der Waals surface area contributed by atoms with E-state index in [9.17, 15) is 4.79 Å². The highest BCUT2D eigenvalue weighted by Crippen LogP contribution is 2.17. The smallest absolute Gasteiger partial charge is 0.321 e. The lowest BCUT2D eigenvalue weighted by molar-refractivity contribution is 0.0949. The Labute approximate surface area is 151 Å². The van der Waals surface area contributed by atoms with Gasteiger partial charge in [0.1, 0.15) is 0 Å². The minimum Gasteiger partial charge on any atom is -0.478 e. The highest BCUT2D eigenvalue weighted by atomic mass is 16.5. The van der Waals surface area contributed by atoms with E-state index in [1.54, 1.807) is 12.1 Å². The van der Waals surface area contributed by atoms with Crippen LogP contribution in [0.5, 0.6) is 11.9 Å². The number of nitrogens with one attached hydrogen (secondary N) is 1. The molecule has 1 aliphatic heterocycles. The molecule has 1 aliphatic rings. The lowest BCUT2D eigenvalue weighted by atomic mass is 10.2. The van der Waals surface area contributed by atoms with Crippen LogP contribution in [0.15, 0.2) is 18.3 Å². The topological polar surface area (TPSA) is 102 Å². The van der Waals surface area contributed by atoms with Crippen LogP contribution in [0, 0.1) is 0 Å². The largest absolute Gasteiger partial charge is 0.478 e.